The van der Waals surface area contributed by atoms with Gasteiger partial charge in [-0.15, -0.1) is 0 Å². The van der Waals surface area contributed by atoms with Crippen LogP contribution in [0, 0.1) is 28.9 Å². The lowest BCUT2D eigenvalue weighted by Gasteiger charge is -2.29. The van der Waals surface area contributed by atoms with Crippen molar-refractivity contribution in [2.24, 2.45) is 5.92 Å². The van der Waals surface area contributed by atoms with Gasteiger partial charge < -0.3 is 0 Å². The quantitative estimate of drug-likeness (QED) is 0.292. The number of unbranched alkanes of at least 4 members (excludes halogenated alkanes) is 4. The summed E-state index contributed by atoms with van der Waals surface area (Å²) in [5, 5.41) is 8.83. The van der Waals surface area contributed by atoms with Gasteiger partial charge in [-0.1, -0.05) is 69.7 Å². The number of rotatable bonds is 9. The van der Waals surface area contributed by atoms with E-state index in [9.17, 15) is 8.78 Å². The SMILES string of the molecule is CCCCCCC[C@H]1CC[C@H](c2ccc(-c3cnc(-c4cc(F)c(C#N)c(F)c4)nc3)cc2)CC1. The second-order valence-electron chi connectivity index (χ2n) is 9.76. The Morgan fingerprint density at radius 1 is 0.829 bits per heavy atom. The van der Waals surface area contributed by atoms with E-state index in [1.807, 2.05) is 0 Å². The third-order valence-corrected chi connectivity index (χ3v) is 7.34. The molecule has 1 aliphatic carbocycles. The van der Waals surface area contributed by atoms with Crippen LogP contribution in [0.15, 0.2) is 48.8 Å². The predicted molar refractivity (Wildman–Crippen MR) is 136 cm³/mol. The lowest BCUT2D eigenvalue weighted by atomic mass is 9.77. The molecule has 0 atom stereocenters. The maximum absolute atomic E-state index is 13.9. The molecule has 4 rings (SSSR count). The number of aromatic nitrogens is 2. The highest BCUT2D eigenvalue weighted by atomic mass is 19.1. The van der Waals surface area contributed by atoms with Crippen molar-refractivity contribution in [1.29, 1.82) is 5.26 Å². The van der Waals surface area contributed by atoms with Gasteiger partial charge in [-0.05, 0) is 60.8 Å². The van der Waals surface area contributed by atoms with E-state index >= 15 is 0 Å². The minimum absolute atomic E-state index is 0.206. The van der Waals surface area contributed by atoms with Crippen LogP contribution in [0.4, 0.5) is 8.78 Å². The van der Waals surface area contributed by atoms with Crippen LogP contribution in [0.2, 0.25) is 0 Å². The van der Waals surface area contributed by atoms with Gasteiger partial charge in [0.2, 0.25) is 0 Å². The molecule has 0 saturated heterocycles. The molecule has 0 radical (unpaired) electrons. The fourth-order valence-corrected chi connectivity index (χ4v) is 5.20. The maximum Gasteiger partial charge on any atom is 0.159 e. The smallest absolute Gasteiger partial charge is 0.159 e. The van der Waals surface area contributed by atoms with E-state index in [2.05, 4.69) is 41.2 Å². The van der Waals surface area contributed by atoms with Crippen molar-refractivity contribution in [2.75, 3.05) is 0 Å². The molecule has 2 aromatic carbocycles. The molecule has 0 spiro atoms. The Hall–Kier alpha value is -3.13. The number of benzene rings is 2. The second-order valence-corrected chi connectivity index (χ2v) is 9.76. The summed E-state index contributed by atoms with van der Waals surface area (Å²) in [7, 11) is 0. The summed E-state index contributed by atoms with van der Waals surface area (Å²) in [4.78, 5) is 8.59. The lowest BCUT2D eigenvalue weighted by molar-refractivity contribution is 0.302. The Balaban J connectivity index is 1.34. The molecule has 0 unspecified atom stereocenters. The van der Waals surface area contributed by atoms with Crippen molar-refractivity contribution in [3.05, 3.63) is 71.6 Å². The fourth-order valence-electron chi connectivity index (χ4n) is 5.20. The van der Waals surface area contributed by atoms with Gasteiger partial charge in [0.05, 0.1) is 0 Å². The van der Waals surface area contributed by atoms with Gasteiger partial charge in [0, 0.05) is 23.5 Å². The van der Waals surface area contributed by atoms with E-state index in [0.29, 0.717) is 5.92 Å². The van der Waals surface area contributed by atoms with Crippen molar-refractivity contribution in [3.8, 4) is 28.6 Å². The van der Waals surface area contributed by atoms with E-state index in [1.54, 1.807) is 12.4 Å². The van der Waals surface area contributed by atoms with Gasteiger partial charge in [0.15, 0.2) is 5.82 Å². The first-order valence-electron chi connectivity index (χ1n) is 12.9. The topological polar surface area (TPSA) is 49.6 Å². The van der Waals surface area contributed by atoms with Crippen molar-refractivity contribution in [3.63, 3.8) is 0 Å². The van der Waals surface area contributed by atoms with Crippen LogP contribution in [-0.2, 0) is 0 Å². The molecule has 1 fully saturated rings. The average Bonchev–Trinajstić information content (AvgIpc) is 2.89. The largest absolute Gasteiger partial charge is 0.236 e. The monoisotopic (exact) mass is 473 g/mol. The first-order valence-corrected chi connectivity index (χ1v) is 12.9. The molecule has 3 aromatic rings. The van der Waals surface area contributed by atoms with Gasteiger partial charge >= 0.3 is 0 Å². The number of nitrogens with zero attached hydrogens (tertiary/aromatic N) is 3. The predicted octanol–water partition coefficient (Wildman–Crippen LogP) is 8.59. The summed E-state index contributed by atoms with van der Waals surface area (Å²) in [6.07, 6.45) is 16.8. The van der Waals surface area contributed by atoms with Crippen molar-refractivity contribution >= 4 is 0 Å². The molecule has 1 aromatic heterocycles. The summed E-state index contributed by atoms with van der Waals surface area (Å²) < 4.78 is 27.9. The van der Waals surface area contributed by atoms with Crippen LogP contribution >= 0.6 is 0 Å². The summed E-state index contributed by atoms with van der Waals surface area (Å²) >= 11 is 0. The first kappa shape index (κ1) is 25.0. The van der Waals surface area contributed by atoms with Crippen LogP contribution in [-0.4, -0.2) is 9.97 Å². The summed E-state index contributed by atoms with van der Waals surface area (Å²) in [5.74, 6) is -0.0608. The Labute approximate surface area is 207 Å². The van der Waals surface area contributed by atoms with Gasteiger partial charge in [-0.3, -0.25) is 0 Å². The number of hydrogen-bond donors (Lipinski definition) is 0. The maximum atomic E-state index is 13.9. The molecule has 35 heavy (non-hydrogen) atoms. The third kappa shape index (κ3) is 6.31. The zero-order valence-corrected chi connectivity index (χ0v) is 20.4. The van der Waals surface area contributed by atoms with E-state index in [4.69, 9.17) is 5.26 Å². The highest BCUT2D eigenvalue weighted by molar-refractivity contribution is 5.64. The zero-order chi connectivity index (χ0) is 24.6. The highest BCUT2D eigenvalue weighted by Gasteiger charge is 2.22. The molecule has 0 amide bonds. The highest BCUT2D eigenvalue weighted by Crippen LogP contribution is 2.38. The van der Waals surface area contributed by atoms with Crippen LogP contribution in [0.25, 0.3) is 22.5 Å². The van der Waals surface area contributed by atoms with E-state index < -0.39 is 17.2 Å². The van der Waals surface area contributed by atoms with E-state index in [-0.39, 0.29) is 11.4 Å². The normalized spacial score (nSPS) is 17.8. The van der Waals surface area contributed by atoms with Crippen molar-refractivity contribution in [1.82, 2.24) is 9.97 Å². The molecule has 0 aliphatic heterocycles. The Bertz CT molecular complexity index is 1120. The van der Waals surface area contributed by atoms with Crippen LogP contribution in [0.3, 0.4) is 0 Å². The zero-order valence-electron chi connectivity index (χ0n) is 20.4. The molecule has 5 heteroatoms. The first-order chi connectivity index (χ1) is 17.1. The van der Waals surface area contributed by atoms with Crippen molar-refractivity contribution in [2.45, 2.75) is 77.0 Å². The summed E-state index contributed by atoms with van der Waals surface area (Å²) in [5.41, 5.74) is 2.87. The Morgan fingerprint density at radius 2 is 1.46 bits per heavy atom. The second kappa shape index (κ2) is 12.0. The minimum Gasteiger partial charge on any atom is -0.236 e. The number of nitriles is 1. The molecule has 1 heterocycles. The van der Waals surface area contributed by atoms with Gasteiger partial charge in [0.25, 0.3) is 0 Å². The number of halogens is 2. The average molecular weight is 474 g/mol. The minimum atomic E-state index is -0.910. The third-order valence-electron chi connectivity index (χ3n) is 7.34. The summed E-state index contributed by atoms with van der Waals surface area (Å²) in [6, 6.07) is 12.3. The molecule has 3 nitrogen and oxygen atoms in total. The van der Waals surface area contributed by atoms with Crippen LogP contribution < -0.4 is 0 Å². The molecule has 1 aliphatic rings. The van der Waals surface area contributed by atoms with Crippen molar-refractivity contribution < 1.29 is 8.78 Å². The fraction of sp³-hybridized carbons (Fsp3) is 0.433. The standard InChI is InChI=1S/C30H33F2N3/c1-2-3-4-5-6-7-21-8-10-22(11-9-21)23-12-14-24(15-13-23)26-19-34-30(35-20-26)25-16-28(31)27(18-33)29(32)17-25/h12-17,19-22H,2-11H2,1H3/t21-,22-. The Morgan fingerprint density at radius 3 is 2.06 bits per heavy atom. The van der Waals surface area contributed by atoms with Gasteiger partial charge in [0.1, 0.15) is 23.3 Å². The lowest BCUT2D eigenvalue weighted by Crippen LogP contribution is -2.13. The molecule has 0 bridgehead atoms. The summed E-state index contributed by atoms with van der Waals surface area (Å²) in [6.45, 7) is 2.27. The molecular formula is C30H33F2N3. The van der Waals surface area contributed by atoms with Gasteiger partial charge in [-0.25, -0.2) is 18.7 Å². The van der Waals surface area contributed by atoms with Crippen LogP contribution in [0.1, 0.15) is 88.2 Å². The molecular weight excluding hydrogens is 440 g/mol. The molecule has 1 saturated carbocycles. The number of hydrogen-bond acceptors (Lipinski definition) is 3. The molecule has 182 valence electrons. The van der Waals surface area contributed by atoms with Gasteiger partial charge in [-0.2, -0.15) is 5.26 Å². The van der Waals surface area contributed by atoms with E-state index in [0.717, 1.165) is 29.2 Å². The Kier molecular flexibility index (Phi) is 8.58. The molecule has 0 N–H and O–H groups in total. The van der Waals surface area contributed by atoms with Crippen LogP contribution in [0.5, 0.6) is 0 Å². The van der Waals surface area contributed by atoms with E-state index in [1.165, 1.54) is 75.8 Å².